The summed E-state index contributed by atoms with van der Waals surface area (Å²) in [5.74, 6) is -1.50. The minimum atomic E-state index is -0.661. The van der Waals surface area contributed by atoms with Gasteiger partial charge < -0.3 is 20.6 Å². The van der Waals surface area contributed by atoms with Gasteiger partial charge in [-0.15, -0.1) is 11.8 Å². The van der Waals surface area contributed by atoms with Crippen LogP contribution in [0, 0.1) is 11.8 Å². The lowest BCUT2D eigenvalue weighted by Crippen LogP contribution is -2.56. The van der Waals surface area contributed by atoms with Crippen LogP contribution in [0.3, 0.4) is 0 Å². The highest BCUT2D eigenvalue weighted by Gasteiger charge is 2.75. The number of likely N-dealkylation sites (tertiary alicyclic amines) is 1. The third-order valence-electron chi connectivity index (χ3n) is 6.04. The van der Waals surface area contributed by atoms with E-state index in [-0.39, 0.29) is 47.0 Å². The molecule has 3 amide bonds. The van der Waals surface area contributed by atoms with Gasteiger partial charge in [-0.1, -0.05) is 29.3 Å². The molecule has 3 saturated heterocycles. The van der Waals surface area contributed by atoms with Gasteiger partial charge in [0, 0.05) is 29.7 Å². The highest BCUT2D eigenvalue weighted by Crippen LogP contribution is 2.67. The molecule has 3 heterocycles. The topological polar surface area (TPSA) is 98.7 Å². The van der Waals surface area contributed by atoms with Gasteiger partial charge in [0.25, 0.3) is 0 Å². The smallest absolute Gasteiger partial charge is 0.244 e. The van der Waals surface area contributed by atoms with E-state index >= 15 is 0 Å². The zero-order valence-corrected chi connectivity index (χ0v) is 18.3. The molecule has 3 N–H and O–H groups in total. The maximum atomic E-state index is 13.3. The third kappa shape index (κ3) is 3.19. The fourth-order valence-electron chi connectivity index (χ4n) is 5.07. The summed E-state index contributed by atoms with van der Waals surface area (Å²) in [6, 6.07) is -0.645. The van der Waals surface area contributed by atoms with E-state index in [0.717, 1.165) is 12.8 Å². The van der Waals surface area contributed by atoms with Crippen LogP contribution in [0.1, 0.15) is 33.1 Å². The maximum absolute atomic E-state index is 13.3. The molecule has 7 atom stereocenters. The average Bonchev–Trinajstić information content (AvgIpc) is 3.19. The number of hydrogen-bond acceptors (Lipinski definition) is 5. The van der Waals surface area contributed by atoms with Crippen LogP contribution in [0.25, 0.3) is 0 Å². The number of carbonyl (C=O) groups is 3. The Labute approximate surface area is 172 Å². The normalized spacial score (nSPS) is 38.0. The van der Waals surface area contributed by atoms with Crippen LogP contribution in [0.2, 0.25) is 0 Å². The van der Waals surface area contributed by atoms with Crippen LogP contribution in [0.5, 0.6) is 0 Å². The summed E-state index contributed by atoms with van der Waals surface area (Å²) < 4.78 is -0.627. The van der Waals surface area contributed by atoms with Crippen molar-refractivity contribution in [1.29, 1.82) is 0 Å². The molecule has 3 aliphatic rings. The number of halogens is 1. The molecule has 9 heteroatoms. The minimum Gasteiger partial charge on any atom is -0.395 e. The SMILES string of the molecule is CCCC(C)NC(=O)C1N(CCO)C(=O)[C@@H]2[C@@H](C(=O)NC)[C@@H]3SC12CC3Br. The number of β-amino-alcohol motifs (C(OH)–C–C–N with tert-alkyl or cyclic N) is 1. The summed E-state index contributed by atoms with van der Waals surface area (Å²) in [4.78, 5) is 40.6. The Hall–Kier alpha value is -0.800. The standard InChI is InChI=1S/C18H28BrN3O4S/c1-4-5-9(2)21-16(25)14-18-8-10(19)13(27-18)11(15(24)20-3)12(18)17(26)22(14)6-7-23/h9-14,23H,4-8H2,1-3H3,(H,20,24)(H,21,25)/t9?,10?,11-,12+,13-,14?,18?/m1/s1. The van der Waals surface area contributed by atoms with Gasteiger partial charge in [-0.05, 0) is 19.8 Å². The Morgan fingerprint density at radius 1 is 1.44 bits per heavy atom. The Morgan fingerprint density at radius 2 is 2.15 bits per heavy atom. The van der Waals surface area contributed by atoms with Gasteiger partial charge in [0.15, 0.2) is 0 Å². The molecular formula is C18H28BrN3O4S. The molecule has 0 aromatic carbocycles. The Morgan fingerprint density at radius 3 is 2.74 bits per heavy atom. The minimum absolute atomic E-state index is 0.0159. The molecule has 3 fully saturated rings. The number of hydrogen-bond donors (Lipinski definition) is 3. The van der Waals surface area contributed by atoms with Crippen molar-refractivity contribution in [3.05, 3.63) is 0 Å². The number of rotatable bonds is 7. The second kappa shape index (κ2) is 7.91. The van der Waals surface area contributed by atoms with Crippen LogP contribution in [0.4, 0.5) is 0 Å². The number of fused-ring (bicyclic) bond motifs is 1. The van der Waals surface area contributed by atoms with Crippen molar-refractivity contribution in [2.45, 2.75) is 60.0 Å². The summed E-state index contributed by atoms with van der Waals surface area (Å²) in [5.41, 5.74) is 0. The Kier molecular flexibility index (Phi) is 6.13. The first-order chi connectivity index (χ1) is 12.8. The molecule has 0 aliphatic carbocycles. The molecule has 0 aromatic rings. The predicted octanol–water partition coefficient (Wildman–Crippen LogP) is 0.494. The van der Waals surface area contributed by atoms with Gasteiger partial charge in [0.05, 0.1) is 23.2 Å². The van der Waals surface area contributed by atoms with E-state index in [4.69, 9.17) is 0 Å². The largest absolute Gasteiger partial charge is 0.395 e. The maximum Gasteiger partial charge on any atom is 0.244 e. The second-order valence-electron chi connectivity index (χ2n) is 7.73. The Bertz CT molecular complexity index is 636. The monoisotopic (exact) mass is 461 g/mol. The number of nitrogens with one attached hydrogen (secondary N) is 2. The molecule has 0 saturated carbocycles. The van der Waals surface area contributed by atoms with Gasteiger partial charge in [0.1, 0.15) is 6.04 Å². The highest BCUT2D eigenvalue weighted by atomic mass is 79.9. The Balaban J connectivity index is 1.97. The fourth-order valence-corrected chi connectivity index (χ4v) is 8.69. The average molecular weight is 462 g/mol. The van der Waals surface area contributed by atoms with Gasteiger partial charge >= 0.3 is 0 Å². The molecule has 2 bridgehead atoms. The number of aliphatic hydroxyl groups excluding tert-OH is 1. The van der Waals surface area contributed by atoms with Crippen LogP contribution in [0.15, 0.2) is 0 Å². The van der Waals surface area contributed by atoms with Crippen molar-refractivity contribution in [2.24, 2.45) is 11.8 Å². The van der Waals surface area contributed by atoms with E-state index in [9.17, 15) is 19.5 Å². The van der Waals surface area contributed by atoms with Gasteiger partial charge in [-0.2, -0.15) is 0 Å². The number of aliphatic hydroxyl groups is 1. The fraction of sp³-hybridized carbons (Fsp3) is 0.833. The summed E-state index contributed by atoms with van der Waals surface area (Å²) >= 11 is 5.29. The van der Waals surface area contributed by atoms with Crippen molar-refractivity contribution in [1.82, 2.24) is 15.5 Å². The molecule has 4 unspecified atom stereocenters. The van der Waals surface area contributed by atoms with Crippen LogP contribution >= 0.6 is 27.7 Å². The summed E-state index contributed by atoms with van der Waals surface area (Å²) in [7, 11) is 1.58. The van der Waals surface area contributed by atoms with Crippen molar-refractivity contribution in [3.8, 4) is 0 Å². The van der Waals surface area contributed by atoms with E-state index in [1.165, 1.54) is 4.90 Å². The zero-order valence-electron chi connectivity index (χ0n) is 15.9. The molecule has 7 nitrogen and oxygen atoms in total. The molecule has 0 aromatic heterocycles. The number of carbonyl (C=O) groups excluding carboxylic acids is 3. The first-order valence-corrected chi connectivity index (χ1v) is 11.4. The first kappa shape index (κ1) is 20.9. The van der Waals surface area contributed by atoms with E-state index in [0.29, 0.717) is 6.42 Å². The summed E-state index contributed by atoms with van der Waals surface area (Å²) in [5, 5.41) is 15.2. The molecule has 3 aliphatic heterocycles. The summed E-state index contributed by atoms with van der Waals surface area (Å²) in [6.07, 6.45) is 2.48. The van der Waals surface area contributed by atoms with E-state index < -0.39 is 22.6 Å². The lowest BCUT2D eigenvalue weighted by atomic mass is 9.70. The van der Waals surface area contributed by atoms with Crippen molar-refractivity contribution in [2.75, 3.05) is 20.2 Å². The number of alkyl halides is 1. The van der Waals surface area contributed by atoms with Crippen LogP contribution < -0.4 is 10.6 Å². The quantitative estimate of drug-likeness (QED) is 0.479. The van der Waals surface area contributed by atoms with Gasteiger partial charge in [-0.3, -0.25) is 14.4 Å². The van der Waals surface area contributed by atoms with E-state index in [1.807, 2.05) is 6.92 Å². The van der Waals surface area contributed by atoms with Gasteiger partial charge in [0.2, 0.25) is 17.7 Å². The summed E-state index contributed by atoms with van der Waals surface area (Å²) in [6.45, 7) is 3.92. The first-order valence-electron chi connectivity index (χ1n) is 9.57. The van der Waals surface area contributed by atoms with Crippen LogP contribution in [-0.2, 0) is 14.4 Å². The highest BCUT2D eigenvalue weighted by molar-refractivity contribution is 9.09. The zero-order chi connectivity index (χ0) is 19.9. The predicted molar refractivity (Wildman–Crippen MR) is 108 cm³/mol. The molecule has 3 rings (SSSR count). The number of nitrogens with zero attached hydrogens (tertiary/aromatic N) is 1. The lowest BCUT2D eigenvalue weighted by Gasteiger charge is -2.35. The van der Waals surface area contributed by atoms with Crippen molar-refractivity contribution in [3.63, 3.8) is 0 Å². The van der Waals surface area contributed by atoms with Crippen molar-refractivity contribution >= 4 is 45.4 Å². The van der Waals surface area contributed by atoms with Crippen LogP contribution in [-0.4, -0.2) is 74.8 Å². The lowest BCUT2D eigenvalue weighted by molar-refractivity contribution is -0.140. The van der Waals surface area contributed by atoms with E-state index in [2.05, 4.69) is 33.5 Å². The van der Waals surface area contributed by atoms with Gasteiger partial charge in [-0.25, -0.2) is 0 Å². The molecule has 0 radical (unpaired) electrons. The second-order valence-corrected chi connectivity index (χ2v) is 10.4. The molecule has 27 heavy (non-hydrogen) atoms. The number of amides is 3. The third-order valence-corrected chi connectivity index (χ3v) is 9.26. The molecular weight excluding hydrogens is 434 g/mol. The number of thioether (sulfide) groups is 1. The van der Waals surface area contributed by atoms with E-state index in [1.54, 1.807) is 18.8 Å². The molecule has 152 valence electrons. The molecule has 1 spiro atoms. The van der Waals surface area contributed by atoms with Crippen molar-refractivity contribution < 1.29 is 19.5 Å².